The van der Waals surface area contributed by atoms with E-state index < -0.39 is 12.1 Å². The Morgan fingerprint density at radius 1 is 0.906 bits per heavy atom. The number of rotatable bonds is 3. The number of carboxylic acids is 1. The van der Waals surface area contributed by atoms with Crippen LogP contribution in [0.15, 0.2) is 72.8 Å². The fraction of sp³-hybridized carbons (Fsp3) is 0.0870. The van der Waals surface area contributed by atoms with Gasteiger partial charge in [-0.25, -0.2) is 9.78 Å². The number of alkyl halides is 3. The van der Waals surface area contributed by atoms with Crippen LogP contribution in [0.5, 0.6) is 0 Å². The lowest BCUT2D eigenvalue weighted by molar-refractivity contribution is -0.192. The minimum absolute atomic E-state index is 0.269. The SMILES string of the molecule is CNc1nc(N)nc2cc(-c3ccccc3-c3ccccc3)ccc12.O=C(O)C(F)(F)F. The predicted octanol–water partition coefficient (Wildman–Crippen LogP) is 5.22. The van der Waals surface area contributed by atoms with E-state index in [0.29, 0.717) is 0 Å². The second kappa shape index (κ2) is 9.34. The first-order chi connectivity index (χ1) is 15.2. The van der Waals surface area contributed by atoms with Crippen LogP contribution in [-0.4, -0.2) is 34.3 Å². The molecular formula is C23H19F3N4O2. The first-order valence-electron chi connectivity index (χ1n) is 9.40. The normalized spacial score (nSPS) is 10.9. The van der Waals surface area contributed by atoms with Gasteiger partial charge in [0.2, 0.25) is 5.95 Å². The van der Waals surface area contributed by atoms with Gasteiger partial charge in [0, 0.05) is 12.4 Å². The summed E-state index contributed by atoms with van der Waals surface area (Å²) < 4.78 is 31.7. The summed E-state index contributed by atoms with van der Waals surface area (Å²) in [6.45, 7) is 0. The van der Waals surface area contributed by atoms with Crippen LogP contribution in [-0.2, 0) is 4.79 Å². The van der Waals surface area contributed by atoms with Crippen molar-refractivity contribution in [2.24, 2.45) is 0 Å². The standard InChI is InChI=1S/C21H18N4.C2HF3O2/c1-23-20-18-12-11-15(13-19(18)24-21(22)25-20)17-10-6-5-9-16(17)14-7-3-2-4-8-14;3-2(4,5)1(6)7/h2-13H,1H3,(H3,22,23,24,25);(H,6,7). The van der Waals surface area contributed by atoms with Crippen LogP contribution < -0.4 is 11.1 Å². The molecule has 0 unspecified atom stereocenters. The number of nitrogens with two attached hydrogens (primary N) is 1. The molecule has 0 saturated heterocycles. The van der Waals surface area contributed by atoms with Gasteiger partial charge < -0.3 is 16.2 Å². The molecule has 1 heterocycles. The van der Waals surface area contributed by atoms with Crippen LogP contribution in [0.1, 0.15) is 0 Å². The summed E-state index contributed by atoms with van der Waals surface area (Å²) in [6.07, 6.45) is -5.08. The Morgan fingerprint density at radius 2 is 1.47 bits per heavy atom. The molecule has 0 atom stereocenters. The van der Waals surface area contributed by atoms with Crippen LogP contribution in [0.2, 0.25) is 0 Å². The fourth-order valence-corrected chi connectivity index (χ4v) is 3.11. The summed E-state index contributed by atoms with van der Waals surface area (Å²) in [5.41, 5.74) is 11.3. The summed E-state index contributed by atoms with van der Waals surface area (Å²) in [5, 5.41) is 11.2. The van der Waals surface area contributed by atoms with Crippen LogP contribution in [0, 0.1) is 0 Å². The number of nitrogen functional groups attached to an aromatic ring is 1. The molecule has 9 heteroatoms. The Kier molecular flexibility index (Phi) is 6.58. The maximum absolute atomic E-state index is 10.6. The van der Waals surface area contributed by atoms with Crippen molar-refractivity contribution in [1.29, 1.82) is 0 Å². The zero-order valence-electron chi connectivity index (χ0n) is 16.9. The Morgan fingerprint density at radius 3 is 2.03 bits per heavy atom. The van der Waals surface area contributed by atoms with Crippen molar-refractivity contribution in [2.75, 3.05) is 18.1 Å². The summed E-state index contributed by atoms with van der Waals surface area (Å²) in [5.74, 6) is -1.75. The van der Waals surface area contributed by atoms with Crippen molar-refractivity contribution >= 4 is 28.6 Å². The van der Waals surface area contributed by atoms with Gasteiger partial charge in [0.1, 0.15) is 5.82 Å². The lowest BCUT2D eigenvalue weighted by Crippen LogP contribution is -2.21. The van der Waals surface area contributed by atoms with Crippen molar-refractivity contribution in [2.45, 2.75) is 6.18 Å². The molecule has 0 aliphatic rings. The first kappa shape index (κ1) is 22.5. The lowest BCUT2D eigenvalue weighted by Gasteiger charge is -2.12. The molecule has 1 aromatic heterocycles. The summed E-state index contributed by atoms with van der Waals surface area (Å²) in [4.78, 5) is 17.5. The third-order valence-corrected chi connectivity index (χ3v) is 4.52. The van der Waals surface area contributed by atoms with Gasteiger partial charge in [-0.1, -0.05) is 60.7 Å². The van der Waals surface area contributed by atoms with E-state index in [1.165, 1.54) is 16.7 Å². The highest BCUT2D eigenvalue weighted by Gasteiger charge is 2.38. The number of aromatic nitrogens is 2. The molecule has 0 spiro atoms. The highest BCUT2D eigenvalue weighted by molar-refractivity contribution is 5.94. The molecule has 32 heavy (non-hydrogen) atoms. The Bertz CT molecular complexity index is 1250. The number of carbonyl (C=O) groups is 1. The number of nitrogens with zero attached hydrogens (tertiary/aromatic N) is 2. The van der Waals surface area contributed by atoms with E-state index in [1.54, 1.807) is 0 Å². The third kappa shape index (κ3) is 5.12. The van der Waals surface area contributed by atoms with E-state index in [4.69, 9.17) is 15.6 Å². The lowest BCUT2D eigenvalue weighted by atomic mass is 9.94. The molecule has 0 radical (unpaired) electrons. The van der Waals surface area contributed by atoms with Crippen LogP contribution in [0.3, 0.4) is 0 Å². The van der Waals surface area contributed by atoms with Crippen molar-refractivity contribution in [3.8, 4) is 22.3 Å². The van der Waals surface area contributed by atoms with Gasteiger partial charge in [-0.2, -0.15) is 18.2 Å². The molecule has 0 amide bonds. The molecule has 0 fully saturated rings. The average Bonchev–Trinajstić information content (AvgIpc) is 2.78. The highest BCUT2D eigenvalue weighted by Crippen LogP contribution is 2.34. The number of benzene rings is 3. The van der Waals surface area contributed by atoms with E-state index in [1.807, 2.05) is 19.2 Å². The molecule has 4 N–H and O–H groups in total. The molecule has 164 valence electrons. The van der Waals surface area contributed by atoms with Gasteiger partial charge >= 0.3 is 12.1 Å². The van der Waals surface area contributed by atoms with Crippen molar-refractivity contribution in [3.63, 3.8) is 0 Å². The summed E-state index contributed by atoms with van der Waals surface area (Å²) in [7, 11) is 1.83. The Hall–Kier alpha value is -4.14. The van der Waals surface area contributed by atoms with Crippen molar-refractivity contribution in [3.05, 3.63) is 72.8 Å². The summed E-state index contributed by atoms with van der Waals surface area (Å²) >= 11 is 0. The van der Waals surface area contributed by atoms with Crippen molar-refractivity contribution in [1.82, 2.24) is 9.97 Å². The zero-order valence-corrected chi connectivity index (χ0v) is 16.9. The fourth-order valence-electron chi connectivity index (χ4n) is 3.11. The molecule has 6 nitrogen and oxygen atoms in total. The highest BCUT2D eigenvalue weighted by atomic mass is 19.4. The number of hydrogen-bond donors (Lipinski definition) is 3. The zero-order chi connectivity index (χ0) is 23.3. The molecule has 0 aliphatic carbocycles. The van der Waals surface area contributed by atoms with Crippen LogP contribution in [0.25, 0.3) is 33.2 Å². The number of fused-ring (bicyclic) bond motifs is 1. The quantitative estimate of drug-likeness (QED) is 0.404. The van der Waals surface area contributed by atoms with E-state index in [2.05, 4.69) is 75.9 Å². The van der Waals surface area contributed by atoms with Crippen molar-refractivity contribution < 1.29 is 23.1 Å². The van der Waals surface area contributed by atoms with Gasteiger partial charge in [0.25, 0.3) is 0 Å². The molecule has 3 aromatic carbocycles. The number of nitrogens with one attached hydrogen (secondary N) is 1. The van der Waals surface area contributed by atoms with Gasteiger partial charge in [0.05, 0.1) is 5.52 Å². The predicted molar refractivity (Wildman–Crippen MR) is 118 cm³/mol. The molecule has 4 rings (SSSR count). The minimum atomic E-state index is -5.08. The molecule has 4 aromatic rings. The minimum Gasteiger partial charge on any atom is -0.475 e. The molecular weight excluding hydrogens is 421 g/mol. The second-order valence-corrected chi connectivity index (χ2v) is 6.63. The first-order valence-corrected chi connectivity index (χ1v) is 9.40. The number of hydrogen-bond acceptors (Lipinski definition) is 5. The molecule has 0 aliphatic heterocycles. The van der Waals surface area contributed by atoms with E-state index >= 15 is 0 Å². The van der Waals surface area contributed by atoms with E-state index in [-0.39, 0.29) is 5.95 Å². The van der Waals surface area contributed by atoms with E-state index in [9.17, 15) is 13.2 Å². The third-order valence-electron chi connectivity index (χ3n) is 4.52. The molecule has 0 saturated carbocycles. The van der Waals surface area contributed by atoms with Gasteiger partial charge in [-0.15, -0.1) is 0 Å². The maximum atomic E-state index is 10.6. The number of halogens is 3. The van der Waals surface area contributed by atoms with Gasteiger partial charge in [0.15, 0.2) is 0 Å². The topological polar surface area (TPSA) is 101 Å². The summed E-state index contributed by atoms with van der Waals surface area (Å²) in [6, 6.07) is 25.0. The molecule has 0 bridgehead atoms. The van der Waals surface area contributed by atoms with Gasteiger partial charge in [-0.05, 0) is 34.4 Å². The van der Waals surface area contributed by atoms with Crippen LogP contribution >= 0.6 is 0 Å². The largest absolute Gasteiger partial charge is 0.490 e. The smallest absolute Gasteiger partial charge is 0.475 e. The average molecular weight is 440 g/mol. The number of aliphatic carboxylic acids is 1. The van der Waals surface area contributed by atoms with Gasteiger partial charge in [-0.3, -0.25) is 0 Å². The Balaban J connectivity index is 0.000000360. The maximum Gasteiger partial charge on any atom is 0.490 e. The Labute approximate surface area is 181 Å². The number of carboxylic acid groups (broad SMARTS) is 1. The monoisotopic (exact) mass is 440 g/mol. The second-order valence-electron chi connectivity index (χ2n) is 6.63. The van der Waals surface area contributed by atoms with Crippen LogP contribution in [0.4, 0.5) is 24.9 Å². The number of anilines is 2. The van der Waals surface area contributed by atoms with E-state index in [0.717, 1.165) is 22.3 Å².